The van der Waals surface area contributed by atoms with E-state index in [0.29, 0.717) is 5.92 Å². The Morgan fingerprint density at radius 1 is 1.25 bits per heavy atom. The predicted octanol–water partition coefficient (Wildman–Crippen LogP) is 2.91. The highest BCUT2D eigenvalue weighted by molar-refractivity contribution is 5.61. The zero-order chi connectivity index (χ0) is 11.7. The van der Waals surface area contributed by atoms with E-state index in [1.54, 1.807) is 11.0 Å². The number of hydrogen-bond donors (Lipinski definition) is 0. The number of hydrogen-bond acceptors (Lipinski definition) is 2. The minimum atomic E-state index is 0.531. The van der Waals surface area contributed by atoms with Gasteiger partial charge in [0.2, 0.25) is 0 Å². The number of aryl methyl sites for hydroxylation is 1. The van der Waals surface area contributed by atoms with Gasteiger partial charge in [-0.3, -0.25) is 4.68 Å². The van der Waals surface area contributed by atoms with Gasteiger partial charge in [0.15, 0.2) is 5.82 Å². The second kappa shape index (κ2) is 4.08. The van der Waals surface area contributed by atoms with Crippen LogP contribution in [0.25, 0.3) is 11.4 Å². The van der Waals surface area contributed by atoms with Crippen molar-refractivity contribution in [2.45, 2.75) is 26.7 Å². The highest BCUT2D eigenvalue weighted by Gasteiger charge is 2.11. The molecule has 0 amide bonds. The molecule has 0 aliphatic carbocycles. The summed E-state index contributed by atoms with van der Waals surface area (Å²) in [5, 5.41) is 4.35. The summed E-state index contributed by atoms with van der Waals surface area (Å²) in [5.74, 6) is 1.34. The molecule has 0 unspecified atom stereocenters. The van der Waals surface area contributed by atoms with Crippen molar-refractivity contribution in [3.05, 3.63) is 35.7 Å². The van der Waals surface area contributed by atoms with Gasteiger partial charge in [-0.25, -0.2) is 4.98 Å². The molecule has 0 aliphatic rings. The normalized spacial score (nSPS) is 11.1. The third kappa shape index (κ3) is 1.85. The fraction of sp³-hybridized carbons (Fsp3) is 0.385. The van der Waals surface area contributed by atoms with Crippen LogP contribution in [0.5, 0.6) is 0 Å². The van der Waals surface area contributed by atoms with Gasteiger partial charge in [0, 0.05) is 12.6 Å². The Morgan fingerprint density at radius 3 is 2.56 bits per heavy atom. The summed E-state index contributed by atoms with van der Waals surface area (Å²) in [6.07, 6.45) is 1.73. The fourth-order valence-electron chi connectivity index (χ4n) is 1.98. The molecule has 0 saturated carbocycles. The topological polar surface area (TPSA) is 30.7 Å². The molecule has 0 aliphatic heterocycles. The largest absolute Gasteiger partial charge is 0.255 e. The van der Waals surface area contributed by atoms with Gasteiger partial charge in [-0.2, -0.15) is 5.10 Å². The Balaban J connectivity index is 2.54. The second-order valence-corrected chi connectivity index (χ2v) is 4.42. The van der Waals surface area contributed by atoms with Crippen LogP contribution in [0.3, 0.4) is 0 Å². The van der Waals surface area contributed by atoms with Crippen molar-refractivity contribution in [2.24, 2.45) is 7.05 Å². The highest BCUT2D eigenvalue weighted by atomic mass is 15.3. The Kier molecular flexibility index (Phi) is 2.77. The van der Waals surface area contributed by atoms with E-state index in [9.17, 15) is 0 Å². The van der Waals surface area contributed by atoms with Crippen LogP contribution in [0.1, 0.15) is 30.9 Å². The number of aromatic nitrogens is 3. The SMILES string of the molecule is Cc1c(-c2ncn(C)n2)cccc1C(C)C. The summed E-state index contributed by atoms with van der Waals surface area (Å²) in [7, 11) is 1.89. The molecule has 0 N–H and O–H groups in total. The van der Waals surface area contributed by atoms with E-state index in [1.165, 1.54) is 11.1 Å². The first-order chi connectivity index (χ1) is 7.59. The number of rotatable bonds is 2. The van der Waals surface area contributed by atoms with Crippen LogP contribution in [0.4, 0.5) is 0 Å². The van der Waals surface area contributed by atoms with Crippen LogP contribution in [-0.4, -0.2) is 14.8 Å². The maximum Gasteiger partial charge on any atom is 0.181 e. The van der Waals surface area contributed by atoms with Crippen molar-refractivity contribution >= 4 is 0 Å². The minimum Gasteiger partial charge on any atom is -0.255 e. The van der Waals surface area contributed by atoms with E-state index >= 15 is 0 Å². The number of benzene rings is 1. The molecule has 3 nitrogen and oxygen atoms in total. The van der Waals surface area contributed by atoms with Gasteiger partial charge in [-0.05, 0) is 24.0 Å². The van der Waals surface area contributed by atoms with Gasteiger partial charge >= 0.3 is 0 Å². The maximum atomic E-state index is 4.35. The summed E-state index contributed by atoms with van der Waals surface area (Å²) < 4.78 is 1.73. The van der Waals surface area contributed by atoms with Gasteiger partial charge in [-0.1, -0.05) is 32.0 Å². The molecule has 0 atom stereocenters. The standard InChI is InChI=1S/C13H17N3/c1-9(2)11-6-5-7-12(10(11)3)13-14-8-16(4)15-13/h5-9H,1-4H3. The molecule has 0 bridgehead atoms. The summed E-state index contributed by atoms with van der Waals surface area (Å²) in [4.78, 5) is 4.30. The van der Waals surface area contributed by atoms with Gasteiger partial charge in [0.25, 0.3) is 0 Å². The smallest absolute Gasteiger partial charge is 0.181 e. The van der Waals surface area contributed by atoms with E-state index in [-0.39, 0.29) is 0 Å². The Morgan fingerprint density at radius 2 is 2.00 bits per heavy atom. The van der Waals surface area contributed by atoms with Crippen molar-refractivity contribution in [1.82, 2.24) is 14.8 Å². The van der Waals surface area contributed by atoms with E-state index in [1.807, 2.05) is 7.05 Å². The molecule has 1 aromatic heterocycles. The first-order valence-corrected chi connectivity index (χ1v) is 5.55. The van der Waals surface area contributed by atoms with Crippen molar-refractivity contribution < 1.29 is 0 Å². The zero-order valence-electron chi connectivity index (χ0n) is 10.2. The molecular formula is C13H17N3. The zero-order valence-corrected chi connectivity index (χ0v) is 10.2. The van der Waals surface area contributed by atoms with Crippen LogP contribution in [-0.2, 0) is 7.05 Å². The van der Waals surface area contributed by atoms with E-state index < -0.39 is 0 Å². The number of nitrogens with zero attached hydrogens (tertiary/aromatic N) is 3. The lowest BCUT2D eigenvalue weighted by atomic mass is 9.94. The predicted molar refractivity (Wildman–Crippen MR) is 65.3 cm³/mol. The van der Waals surface area contributed by atoms with E-state index in [4.69, 9.17) is 0 Å². The quantitative estimate of drug-likeness (QED) is 0.771. The Bertz CT molecular complexity index is 498. The van der Waals surface area contributed by atoms with Crippen LogP contribution < -0.4 is 0 Å². The molecule has 0 saturated heterocycles. The summed E-state index contributed by atoms with van der Waals surface area (Å²) in [6.45, 7) is 6.55. The molecule has 16 heavy (non-hydrogen) atoms. The summed E-state index contributed by atoms with van der Waals surface area (Å²) in [6, 6.07) is 6.33. The van der Waals surface area contributed by atoms with Gasteiger partial charge < -0.3 is 0 Å². The van der Waals surface area contributed by atoms with Crippen LogP contribution in [0.2, 0.25) is 0 Å². The van der Waals surface area contributed by atoms with Crippen LogP contribution >= 0.6 is 0 Å². The lowest BCUT2D eigenvalue weighted by molar-refractivity contribution is 0.768. The van der Waals surface area contributed by atoms with E-state index in [2.05, 4.69) is 49.1 Å². The molecule has 84 valence electrons. The van der Waals surface area contributed by atoms with E-state index in [0.717, 1.165) is 11.4 Å². The third-order valence-electron chi connectivity index (χ3n) is 2.84. The van der Waals surface area contributed by atoms with Gasteiger partial charge in [0.05, 0.1) is 0 Å². The summed E-state index contributed by atoms with van der Waals surface area (Å²) in [5.41, 5.74) is 3.78. The molecule has 0 spiro atoms. The van der Waals surface area contributed by atoms with Gasteiger partial charge in [0.1, 0.15) is 6.33 Å². The first-order valence-electron chi connectivity index (χ1n) is 5.55. The third-order valence-corrected chi connectivity index (χ3v) is 2.84. The monoisotopic (exact) mass is 215 g/mol. The average molecular weight is 215 g/mol. The molecule has 0 radical (unpaired) electrons. The lowest BCUT2D eigenvalue weighted by Gasteiger charge is -2.11. The molecule has 2 aromatic rings. The molecule has 0 fully saturated rings. The van der Waals surface area contributed by atoms with Gasteiger partial charge in [-0.15, -0.1) is 0 Å². The highest BCUT2D eigenvalue weighted by Crippen LogP contribution is 2.27. The Labute approximate surface area is 96.1 Å². The van der Waals surface area contributed by atoms with Crippen molar-refractivity contribution in [3.63, 3.8) is 0 Å². The van der Waals surface area contributed by atoms with Crippen LogP contribution in [0.15, 0.2) is 24.5 Å². The molecule has 1 aromatic carbocycles. The van der Waals surface area contributed by atoms with Crippen LogP contribution in [0, 0.1) is 6.92 Å². The van der Waals surface area contributed by atoms with Crippen molar-refractivity contribution in [2.75, 3.05) is 0 Å². The average Bonchev–Trinajstić information content (AvgIpc) is 2.64. The minimum absolute atomic E-state index is 0.531. The fourth-order valence-corrected chi connectivity index (χ4v) is 1.98. The lowest BCUT2D eigenvalue weighted by Crippen LogP contribution is -1.96. The van der Waals surface area contributed by atoms with Crippen molar-refractivity contribution in [3.8, 4) is 11.4 Å². The second-order valence-electron chi connectivity index (χ2n) is 4.42. The molecular weight excluding hydrogens is 198 g/mol. The van der Waals surface area contributed by atoms with Crippen molar-refractivity contribution in [1.29, 1.82) is 0 Å². The molecule has 3 heteroatoms. The first kappa shape index (κ1) is 10.9. The Hall–Kier alpha value is -1.64. The summed E-state index contributed by atoms with van der Waals surface area (Å²) >= 11 is 0. The maximum absolute atomic E-state index is 4.35. The molecule has 2 rings (SSSR count). The molecule has 1 heterocycles.